The van der Waals surface area contributed by atoms with Crippen LogP contribution in [-0.2, 0) is 0 Å². The van der Waals surface area contributed by atoms with Gasteiger partial charge in [-0.2, -0.15) is 13.2 Å². The highest BCUT2D eigenvalue weighted by Gasteiger charge is 2.41. The smallest absolute Gasteiger partial charge is 0.295 e. The topological polar surface area (TPSA) is 34.1 Å². The molecule has 0 spiro atoms. The second-order valence-corrected chi connectivity index (χ2v) is 5.27. The standard InChI is InChI=1S/C18H15F3O2/c1-12(22)13-7-9-14(10-8-13)16(18(19,20)21)11-17(23)15-5-3-2-4-6-15/h2-10,16H,11H2,1H3/t16-/m1/s1. The Hall–Kier alpha value is -2.43. The van der Waals surface area contributed by atoms with Gasteiger partial charge in [-0.05, 0) is 12.5 Å². The fourth-order valence-electron chi connectivity index (χ4n) is 2.30. The van der Waals surface area contributed by atoms with Crippen molar-refractivity contribution in [3.8, 4) is 0 Å². The fourth-order valence-corrected chi connectivity index (χ4v) is 2.30. The summed E-state index contributed by atoms with van der Waals surface area (Å²) in [5.74, 6) is -2.68. The van der Waals surface area contributed by atoms with E-state index >= 15 is 0 Å². The molecule has 0 heterocycles. The van der Waals surface area contributed by atoms with Crippen molar-refractivity contribution < 1.29 is 22.8 Å². The molecule has 0 unspecified atom stereocenters. The molecule has 0 aliphatic heterocycles. The van der Waals surface area contributed by atoms with Gasteiger partial charge in [-0.3, -0.25) is 9.59 Å². The van der Waals surface area contributed by atoms with Gasteiger partial charge in [-0.1, -0.05) is 54.6 Å². The summed E-state index contributed by atoms with van der Waals surface area (Å²) in [6.07, 6.45) is -5.20. The molecular weight excluding hydrogens is 305 g/mol. The summed E-state index contributed by atoms with van der Waals surface area (Å²) < 4.78 is 40.0. The quantitative estimate of drug-likeness (QED) is 0.741. The van der Waals surface area contributed by atoms with Gasteiger partial charge in [0.15, 0.2) is 11.6 Å². The van der Waals surface area contributed by atoms with Crippen LogP contribution in [0.5, 0.6) is 0 Å². The second kappa shape index (κ2) is 6.77. The first kappa shape index (κ1) is 16.9. The number of benzene rings is 2. The minimum atomic E-state index is -4.54. The maximum atomic E-state index is 13.3. The van der Waals surface area contributed by atoms with Gasteiger partial charge in [-0.25, -0.2) is 0 Å². The van der Waals surface area contributed by atoms with Crippen LogP contribution in [0.2, 0.25) is 0 Å². The number of Topliss-reactive ketones (excluding diaryl/α,β-unsaturated/α-hetero) is 2. The maximum Gasteiger partial charge on any atom is 0.396 e. The minimum Gasteiger partial charge on any atom is -0.295 e. The van der Waals surface area contributed by atoms with Gasteiger partial charge in [0.05, 0.1) is 5.92 Å². The second-order valence-electron chi connectivity index (χ2n) is 5.27. The number of halogens is 3. The van der Waals surface area contributed by atoms with Crippen molar-refractivity contribution in [3.63, 3.8) is 0 Å². The Bertz CT molecular complexity index is 688. The van der Waals surface area contributed by atoms with Crippen LogP contribution < -0.4 is 0 Å². The molecule has 120 valence electrons. The lowest BCUT2D eigenvalue weighted by atomic mass is 9.90. The minimum absolute atomic E-state index is 0.0215. The van der Waals surface area contributed by atoms with Crippen molar-refractivity contribution in [1.29, 1.82) is 0 Å². The molecule has 0 amide bonds. The van der Waals surface area contributed by atoms with Crippen molar-refractivity contribution in [2.24, 2.45) is 0 Å². The van der Waals surface area contributed by atoms with Crippen molar-refractivity contribution >= 4 is 11.6 Å². The predicted octanol–water partition coefficient (Wildman–Crippen LogP) is 4.81. The van der Waals surface area contributed by atoms with E-state index in [4.69, 9.17) is 0 Å². The summed E-state index contributed by atoms with van der Waals surface area (Å²) in [4.78, 5) is 23.3. The van der Waals surface area contributed by atoms with Crippen LogP contribution in [0, 0.1) is 0 Å². The third kappa shape index (κ3) is 4.28. The first-order chi connectivity index (χ1) is 10.8. The summed E-state index contributed by atoms with van der Waals surface area (Å²) in [7, 11) is 0. The Morgan fingerprint density at radius 1 is 0.913 bits per heavy atom. The number of hydrogen-bond acceptors (Lipinski definition) is 2. The highest BCUT2D eigenvalue weighted by molar-refractivity contribution is 5.96. The zero-order valence-electron chi connectivity index (χ0n) is 12.4. The van der Waals surface area contributed by atoms with E-state index in [0.717, 1.165) is 0 Å². The average molecular weight is 320 g/mol. The molecule has 0 fully saturated rings. The van der Waals surface area contributed by atoms with Crippen LogP contribution in [0.4, 0.5) is 13.2 Å². The van der Waals surface area contributed by atoms with Crippen LogP contribution in [-0.4, -0.2) is 17.7 Å². The number of carbonyl (C=O) groups is 2. The zero-order valence-corrected chi connectivity index (χ0v) is 12.4. The zero-order chi connectivity index (χ0) is 17.0. The van der Waals surface area contributed by atoms with E-state index in [9.17, 15) is 22.8 Å². The highest BCUT2D eigenvalue weighted by atomic mass is 19.4. The van der Waals surface area contributed by atoms with E-state index in [1.165, 1.54) is 43.3 Å². The molecule has 0 aliphatic carbocycles. The van der Waals surface area contributed by atoms with Crippen LogP contribution in [0.15, 0.2) is 54.6 Å². The fraction of sp³-hybridized carbons (Fsp3) is 0.222. The highest BCUT2D eigenvalue weighted by Crippen LogP contribution is 2.38. The van der Waals surface area contributed by atoms with E-state index in [1.807, 2.05) is 0 Å². The van der Waals surface area contributed by atoms with Gasteiger partial charge >= 0.3 is 6.18 Å². The van der Waals surface area contributed by atoms with E-state index < -0.39 is 24.3 Å². The van der Waals surface area contributed by atoms with Crippen molar-refractivity contribution in [3.05, 3.63) is 71.3 Å². The number of hydrogen-bond donors (Lipinski definition) is 0. The lowest BCUT2D eigenvalue weighted by Gasteiger charge is -2.20. The summed E-state index contributed by atoms with van der Waals surface area (Å²) in [5, 5.41) is 0. The largest absolute Gasteiger partial charge is 0.396 e. The Balaban J connectivity index is 2.27. The van der Waals surface area contributed by atoms with Crippen molar-refractivity contribution in [2.75, 3.05) is 0 Å². The molecule has 2 aromatic carbocycles. The van der Waals surface area contributed by atoms with Gasteiger partial charge in [0.25, 0.3) is 0 Å². The Kier molecular flexibility index (Phi) is 4.98. The number of alkyl halides is 3. The molecule has 23 heavy (non-hydrogen) atoms. The van der Waals surface area contributed by atoms with E-state index in [1.54, 1.807) is 18.2 Å². The van der Waals surface area contributed by atoms with E-state index in [-0.39, 0.29) is 16.9 Å². The van der Waals surface area contributed by atoms with Crippen LogP contribution in [0.25, 0.3) is 0 Å². The lowest BCUT2D eigenvalue weighted by Crippen LogP contribution is -2.24. The molecule has 1 atom stereocenters. The number of carbonyl (C=O) groups excluding carboxylic acids is 2. The number of ketones is 2. The summed E-state index contributed by atoms with van der Waals surface area (Å²) in [6.45, 7) is 1.34. The molecule has 5 heteroatoms. The first-order valence-corrected chi connectivity index (χ1v) is 7.05. The summed E-state index contributed by atoms with van der Waals surface area (Å²) in [6, 6.07) is 13.1. The molecule has 0 saturated heterocycles. The van der Waals surface area contributed by atoms with Gasteiger partial charge in [0.2, 0.25) is 0 Å². The maximum absolute atomic E-state index is 13.3. The molecule has 2 rings (SSSR count). The monoisotopic (exact) mass is 320 g/mol. The summed E-state index contributed by atoms with van der Waals surface area (Å²) >= 11 is 0. The third-order valence-corrected chi connectivity index (χ3v) is 3.60. The van der Waals surface area contributed by atoms with Crippen molar-refractivity contribution in [2.45, 2.75) is 25.4 Å². The molecule has 0 aliphatic rings. The summed E-state index contributed by atoms with van der Waals surface area (Å²) in [5.41, 5.74) is 0.568. The predicted molar refractivity (Wildman–Crippen MR) is 80.6 cm³/mol. The molecule has 2 nitrogen and oxygen atoms in total. The van der Waals surface area contributed by atoms with Gasteiger partial charge in [0.1, 0.15) is 0 Å². The van der Waals surface area contributed by atoms with Crippen LogP contribution >= 0.6 is 0 Å². The average Bonchev–Trinajstić information content (AvgIpc) is 2.52. The molecule has 0 aromatic heterocycles. The van der Waals surface area contributed by atoms with Crippen molar-refractivity contribution in [1.82, 2.24) is 0 Å². The van der Waals surface area contributed by atoms with Crippen LogP contribution in [0.1, 0.15) is 45.5 Å². The van der Waals surface area contributed by atoms with Gasteiger partial charge in [0, 0.05) is 17.5 Å². The van der Waals surface area contributed by atoms with Gasteiger partial charge in [-0.15, -0.1) is 0 Å². The normalized spacial score (nSPS) is 12.7. The molecule has 0 radical (unpaired) electrons. The van der Waals surface area contributed by atoms with E-state index in [0.29, 0.717) is 5.56 Å². The Morgan fingerprint density at radius 3 is 1.96 bits per heavy atom. The molecule has 2 aromatic rings. The lowest BCUT2D eigenvalue weighted by molar-refractivity contribution is -0.149. The Morgan fingerprint density at radius 2 is 1.48 bits per heavy atom. The van der Waals surface area contributed by atoms with Gasteiger partial charge < -0.3 is 0 Å². The molecule has 0 bridgehead atoms. The first-order valence-electron chi connectivity index (χ1n) is 7.05. The van der Waals surface area contributed by atoms with E-state index in [2.05, 4.69) is 0 Å². The third-order valence-electron chi connectivity index (χ3n) is 3.60. The molecule has 0 saturated carbocycles. The Labute approximate surface area is 131 Å². The number of rotatable bonds is 5. The molecular formula is C18H15F3O2. The van der Waals surface area contributed by atoms with Crippen LogP contribution in [0.3, 0.4) is 0 Å². The molecule has 0 N–H and O–H groups in total. The SMILES string of the molecule is CC(=O)c1ccc([C@@H](CC(=O)c2ccccc2)C(F)(F)F)cc1.